The van der Waals surface area contributed by atoms with E-state index in [4.69, 9.17) is 4.74 Å². The molecule has 0 spiro atoms. The van der Waals surface area contributed by atoms with Gasteiger partial charge in [-0.05, 0) is 75.3 Å². The number of aliphatic hydroxyl groups excluding tert-OH is 2. The molecule has 2 aromatic heterocycles. The Morgan fingerprint density at radius 1 is 1.00 bits per heavy atom. The van der Waals surface area contributed by atoms with E-state index in [1.807, 2.05) is 0 Å². The summed E-state index contributed by atoms with van der Waals surface area (Å²) in [4.78, 5) is 38.0. The molecule has 6 N–H and O–H groups in total. The average Bonchev–Trinajstić information content (AvgIpc) is 3.53. The number of carbonyl (C=O) groups excluding carboxylic acids is 2. The lowest BCUT2D eigenvalue weighted by molar-refractivity contribution is -0.137. The number of aromatic nitrogens is 4. The molecule has 5 aliphatic rings. The molecule has 1 aliphatic heterocycles. The highest BCUT2D eigenvalue weighted by molar-refractivity contribution is 7.89. The van der Waals surface area contributed by atoms with Crippen molar-refractivity contribution in [2.75, 3.05) is 17.2 Å². The van der Waals surface area contributed by atoms with Crippen LogP contribution in [0, 0.1) is 17.8 Å². The van der Waals surface area contributed by atoms with Gasteiger partial charge in [-0.2, -0.15) is 0 Å². The van der Waals surface area contributed by atoms with E-state index in [-0.39, 0.29) is 27.6 Å². The molecular weight excluding hydrogens is 604 g/mol. The third kappa shape index (κ3) is 5.43. The molecule has 1 aromatic carbocycles. The maximum absolute atomic E-state index is 13.7. The van der Waals surface area contributed by atoms with Crippen molar-refractivity contribution in [2.24, 2.45) is 17.8 Å². The fourth-order valence-corrected chi connectivity index (χ4v) is 9.75. The van der Waals surface area contributed by atoms with E-state index in [0.29, 0.717) is 24.3 Å². The molecule has 15 nitrogen and oxygen atoms in total. The molecule has 1 saturated heterocycles. The summed E-state index contributed by atoms with van der Waals surface area (Å²) in [6.07, 6.45) is 3.10. The summed E-state index contributed by atoms with van der Waals surface area (Å²) < 4.78 is 37.5. The highest BCUT2D eigenvalue weighted by Gasteiger charge is 2.52. The Bertz CT molecular complexity index is 1710. The number of para-hydroxylation sites is 1. The molecule has 3 amide bonds. The smallest absolute Gasteiger partial charge is 0.324 e. The van der Waals surface area contributed by atoms with Crippen LogP contribution in [-0.2, 0) is 19.6 Å². The first-order valence-electron chi connectivity index (χ1n) is 15.2. The maximum Gasteiger partial charge on any atom is 0.324 e. The highest BCUT2D eigenvalue weighted by Crippen LogP contribution is 2.56. The molecule has 4 atom stereocenters. The Balaban J connectivity index is 1.08. The number of anilines is 2. The summed E-state index contributed by atoms with van der Waals surface area (Å²) in [5, 5.41) is 28.8. The van der Waals surface area contributed by atoms with Crippen molar-refractivity contribution in [3.63, 3.8) is 0 Å². The molecule has 0 radical (unpaired) electrons. The molecule has 4 unspecified atom stereocenters. The van der Waals surface area contributed by atoms with Crippen LogP contribution in [0.1, 0.15) is 51.7 Å². The Morgan fingerprint density at radius 3 is 2.38 bits per heavy atom. The summed E-state index contributed by atoms with van der Waals surface area (Å²) in [5.41, 5.74) is -0.0311. The molecule has 4 bridgehead atoms. The number of imidazole rings is 1. The summed E-state index contributed by atoms with van der Waals surface area (Å²) in [7, 11) is -3.96. The van der Waals surface area contributed by atoms with Crippen LogP contribution < -0.4 is 20.7 Å². The minimum atomic E-state index is -3.96. The Hall–Kier alpha value is -3.70. The standard InChI is InChI=1S/C29H36N8O7S/c1-2-30-26(40)23-21(38)22(39)27(44-23)37-14-33-20-24(31-13-32-25(20)37)35-28(41)34-18-5-3-4-6-19(18)45(42,43)36-29-10-15-7-16(11-29)9-17(8-15)12-29/h3-6,13-17,21-23,27,36,38-39H,2,7-12H2,1H3,(H,30,40)(H2,31,32,34,35,41). The van der Waals surface area contributed by atoms with Gasteiger partial charge in [0.25, 0.3) is 5.91 Å². The van der Waals surface area contributed by atoms with Crippen LogP contribution in [-0.4, -0.2) is 80.5 Å². The van der Waals surface area contributed by atoms with E-state index in [2.05, 4.69) is 35.6 Å². The average molecular weight is 641 g/mol. The number of carbonyl (C=O) groups is 2. The van der Waals surface area contributed by atoms with Gasteiger partial charge in [-0.25, -0.2) is 32.9 Å². The van der Waals surface area contributed by atoms with Crippen molar-refractivity contribution in [3.8, 4) is 0 Å². The number of benzene rings is 1. The largest absolute Gasteiger partial charge is 0.387 e. The monoisotopic (exact) mass is 640 g/mol. The van der Waals surface area contributed by atoms with Gasteiger partial charge in [0.1, 0.15) is 23.4 Å². The third-order valence-electron chi connectivity index (χ3n) is 9.53. The zero-order valence-corrected chi connectivity index (χ0v) is 25.4. The van der Waals surface area contributed by atoms with Crippen molar-refractivity contribution in [1.82, 2.24) is 29.6 Å². The minimum absolute atomic E-state index is 0.0107. The van der Waals surface area contributed by atoms with Crippen LogP contribution in [0.3, 0.4) is 0 Å². The van der Waals surface area contributed by atoms with Crippen molar-refractivity contribution >= 4 is 44.6 Å². The number of aliphatic hydroxyl groups is 2. The summed E-state index contributed by atoms with van der Waals surface area (Å²) in [6, 6.07) is 5.49. The van der Waals surface area contributed by atoms with E-state index < -0.39 is 52.0 Å². The van der Waals surface area contributed by atoms with Crippen molar-refractivity contribution in [2.45, 2.75) is 80.4 Å². The van der Waals surface area contributed by atoms with Crippen LogP contribution >= 0.6 is 0 Å². The molecule has 16 heteroatoms. The number of likely N-dealkylation sites (N-methyl/N-ethyl adjacent to an activating group) is 1. The fourth-order valence-electron chi connectivity index (χ4n) is 8.15. The number of ether oxygens (including phenoxy) is 1. The first-order chi connectivity index (χ1) is 21.6. The van der Waals surface area contributed by atoms with Gasteiger partial charge in [-0.1, -0.05) is 12.1 Å². The first kappa shape index (κ1) is 30.0. The normalized spacial score (nSPS) is 32.1. The zero-order chi connectivity index (χ0) is 31.5. The molecule has 240 valence electrons. The number of rotatable bonds is 8. The molecule has 3 aromatic rings. The number of sulfonamides is 1. The van der Waals surface area contributed by atoms with Crippen molar-refractivity contribution < 1.29 is 33.0 Å². The van der Waals surface area contributed by atoms with Gasteiger partial charge in [0.15, 0.2) is 29.3 Å². The Kier molecular flexibility index (Phi) is 7.51. The lowest BCUT2D eigenvalue weighted by Crippen LogP contribution is -2.59. The lowest BCUT2D eigenvalue weighted by atomic mass is 9.53. The lowest BCUT2D eigenvalue weighted by Gasteiger charge is -2.56. The van der Waals surface area contributed by atoms with E-state index in [1.54, 1.807) is 19.1 Å². The third-order valence-corrected chi connectivity index (χ3v) is 11.2. The second-order valence-electron chi connectivity index (χ2n) is 12.7. The number of nitrogens with one attached hydrogen (secondary N) is 4. The second-order valence-corrected chi connectivity index (χ2v) is 14.4. The predicted octanol–water partition coefficient (Wildman–Crippen LogP) is 1.47. The van der Waals surface area contributed by atoms with E-state index in [0.717, 1.165) is 19.3 Å². The Labute approximate surface area is 259 Å². The SMILES string of the molecule is CCNC(=O)C1OC(n2cnc3c(NC(=O)Nc4ccccc4S(=O)(=O)NC45CC6CC(CC(C6)C4)C5)ncnc32)C(O)C1O. The number of fused-ring (bicyclic) bond motifs is 1. The number of nitrogens with zero attached hydrogens (tertiary/aromatic N) is 4. The second kappa shape index (κ2) is 11.3. The molecule has 3 heterocycles. The fraction of sp³-hybridized carbons (Fsp3) is 0.552. The predicted molar refractivity (Wildman–Crippen MR) is 160 cm³/mol. The molecular formula is C29H36N8O7S. The minimum Gasteiger partial charge on any atom is -0.387 e. The topological polar surface area (TPSA) is 210 Å². The molecule has 5 fully saturated rings. The summed E-state index contributed by atoms with van der Waals surface area (Å²) >= 11 is 0. The van der Waals surface area contributed by atoms with Crippen molar-refractivity contribution in [3.05, 3.63) is 36.9 Å². The van der Waals surface area contributed by atoms with Crippen LogP contribution in [0.25, 0.3) is 11.2 Å². The van der Waals surface area contributed by atoms with Crippen LogP contribution in [0.5, 0.6) is 0 Å². The number of urea groups is 1. The van der Waals surface area contributed by atoms with Gasteiger partial charge in [-0.3, -0.25) is 14.7 Å². The number of hydrogen-bond donors (Lipinski definition) is 6. The Morgan fingerprint density at radius 2 is 1.69 bits per heavy atom. The quantitative estimate of drug-likeness (QED) is 0.209. The van der Waals surface area contributed by atoms with E-state index in [9.17, 15) is 28.2 Å². The summed E-state index contributed by atoms with van der Waals surface area (Å²) in [5.74, 6) is 1.11. The van der Waals surface area contributed by atoms with Gasteiger partial charge >= 0.3 is 6.03 Å². The zero-order valence-electron chi connectivity index (χ0n) is 24.6. The van der Waals surface area contributed by atoms with Crippen molar-refractivity contribution in [1.29, 1.82) is 0 Å². The molecule has 4 aliphatic carbocycles. The van der Waals surface area contributed by atoms with Gasteiger partial charge < -0.3 is 25.6 Å². The molecule has 45 heavy (non-hydrogen) atoms. The van der Waals surface area contributed by atoms with Gasteiger partial charge in [-0.15, -0.1) is 0 Å². The van der Waals surface area contributed by atoms with Crippen LogP contribution in [0.2, 0.25) is 0 Å². The first-order valence-corrected chi connectivity index (χ1v) is 16.7. The van der Waals surface area contributed by atoms with E-state index >= 15 is 0 Å². The molecule has 4 saturated carbocycles. The van der Waals surface area contributed by atoms with E-state index in [1.165, 1.54) is 48.6 Å². The number of hydrogen-bond acceptors (Lipinski definition) is 10. The van der Waals surface area contributed by atoms with Gasteiger partial charge in [0.2, 0.25) is 10.0 Å². The summed E-state index contributed by atoms with van der Waals surface area (Å²) in [6.45, 7) is 2.04. The molecule has 8 rings (SSSR count). The van der Waals surface area contributed by atoms with Gasteiger partial charge in [0.05, 0.1) is 12.0 Å². The van der Waals surface area contributed by atoms with Gasteiger partial charge in [0, 0.05) is 12.1 Å². The van der Waals surface area contributed by atoms with Crippen LogP contribution in [0.15, 0.2) is 41.8 Å². The highest BCUT2D eigenvalue weighted by atomic mass is 32.2. The maximum atomic E-state index is 13.7. The number of amides is 3. The van der Waals surface area contributed by atoms with Crippen LogP contribution in [0.4, 0.5) is 16.3 Å².